The maximum Gasteiger partial charge on any atom is 0.407 e. The molecule has 3 rings (SSSR count). The summed E-state index contributed by atoms with van der Waals surface area (Å²) in [4.78, 5) is 14.5. The van der Waals surface area contributed by atoms with E-state index >= 15 is 0 Å². The van der Waals surface area contributed by atoms with Gasteiger partial charge in [-0.3, -0.25) is 0 Å². The minimum Gasteiger partial charge on any atom is -0.440 e. The van der Waals surface area contributed by atoms with Gasteiger partial charge in [0.05, 0.1) is 0 Å². The summed E-state index contributed by atoms with van der Waals surface area (Å²) in [6.07, 6.45) is 13.4. The average Bonchev–Trinajstić information content (AvgIpc) is 3.49. The van der Waals surface area contributed by atoms with E-state index in [1.807, 2.05) is 13.8 Å². The molecule has 0 aromatic rings. The Kier molecular flexibility index (Phi) is 11.6. The molecule has 1 amide bonds. The molecule has 4 atom stereocenters. The number of hydrogen-bond acceptors (Lipinski definition) is 7. The van der Waals surface area contributed by atoms with Crippen LogP contribution in [0.1, 0.15) is 97.8 Å². The van der Waals surface area contributed by atoms with E-state index in [-0.39, 0.29) is 12.7 Å². The Morgan fingerprint density at radius 1 is 0.971 bits per heavy atom. The molecule has 0 bridgehead atoms. The van der Waals surface area contributed by atoms with Crippen LogP contribution in [-0.2, 0) is 23.7 Å². The van der Waals surface area contributed by atoms with Crippen LogP contribution >= 0.6 is 0 Å². The van der Waals surface area contributed by atoms with E-state index in [2.05, 4.69) is 17.1 Å². The van der Waals surface area contributed by atoms with Crippen molar-refractivity contribution in [2.45, 2.75) is 128 Å². The van der Waals surface area contributed by atoms with Gasteiger partial charge < -0.3 is 33.9 Å². The largest absolute Gasteiger partial charge is 0.440 e. The molecule has 0 aromatic heterocycles. The number of ether oxygens (including phenoxy) is 5. The lowest BCUT2D eigenvalue weighted by atomic mass is 10.0. The lowest BCUT2D eigenvalue weighted by molar-refractivity contribution is -0.279. The van der Waals surface area contributed by atoms with Gasteiger partial charge in [0.1, 0.15) is 12.7 Å². The second-order valence-electron chi connectivity index (χ2n) is 10.9. The van der Waals surface area contributed by atoms with E-state index < -0.39 is 29.9 Å². The summed E-state index contributed by atoms with van der Waals surface area (Å²) in [5, 5.41) is 2.55. The van der Waals surface area contributed by atoms with Crippen molar-refractivity contribution < 1.29 is 28.5 Å². The van der Waals surface area contributed by atoms with E-state index in [0.717, 1.165) is 19.5 Å². The zero-order chi connectivity index (χ0) is 25.2. The van der Waals surface area contributed by atoms with Crippen molar-refractivity contribution in [1.82, 2.24) is 10.2 Å². The van der Waals surface area contributed by atoms with Gasteiger partial charge in [-0.15, -0.1) is 0 Å². The third-order valence-corrected chi connectivity index (χ3v) is 7.31. The minimum atomic E-state index is -1.06. The second-order valence-corrected chi connectivity index (χ2v) is 10.9. The van der Waals surface area contributed by atoms with Gasteiger partial charge in [-0.2, -0.15) is 0 Å². The lowest BCUT2D eigenvalue weighted by Crippen LogP contribution is -2.46. The Labute approximate surface area is 212 Å². The van der Waals surface area contributed by atoms with Crippen LogP contribution in [-0.4, -0.2) is 80.8 Å². The highest BCUT2D eigenvalue weighted by Gasteiger charge is 2.66. The minimum absolute atomic E-state index is 0.266. The SMILES string of the molecule is CCCCCCCCCCCCOC[C@@]12O[C@@H](CN3CCCC3)[C@@H](OC(=O)NC)[C@@H]1OC(C)(C)O2. The molecule has 35 heavy (non-hydrogen) atoms. The first kappa shape index (κ1) is 28.6. The molecule has 0 saturated carbocycles. The number of nitrogens with zero attached hydrogens (tertiary/aromatic N) is 1. The van der Waals surface area contributed by atoms with Gasteiger partial charge in [-0.1, -0.05) is 64.7 Å². The Hall–Kier alpha value is -0.930. The summed E-state index contributed by atoms with van der Waals surface area (Å²) in [6.45, 7) is 9.68. The topological polar surface area (TPSA) is 78.5 Å². The van der Waals surface area contributed by atoms with Crippen LogP contribution < -0.4 is 5.32 Å². The van der Waals surface area contributed by atoms with Gasteiger partial charge >= 0.3 is 6.09 Å². The lowest BCUT2D eigenvalue weighted by Gasteiger charge is -2.30. The number of hydrogen-bond donors (Lipinski definition) is 1. The van der Waals surface area contributed by atoms with Crippen molar-refractivity contribution in [3.05, 3.63) is 0 Å². The molecular formula is C27H50N2O6. The van der Waals surface area contributed by atoms with Crippen LogP contribution in [0.15, 0.2) is 0 Å². The molecule has 3 aliphatic rings. The van der Waals surface area contributed by atoms with Crippen LogP contribution in [0.3, 0.4) is 0 Å². The van der Waals surface area contributed by atoms with Crippen molar-refractivity contribution in [3.63, 3.8) is 0 Å². The molecule has 3 aliphatic heterocycles. The maximum absolute atomic E-state index is 12.1. The first-order chi connectivity index (χ1) is 16.9. The second kappa shape index (κ2) is 14.1. The quantitative estimate of drug-likeness (QED) is 0.300. The highest BCUT2D eigenvalue weighted by Crippen LogP contribution is 2.47. The Morgan fingerprint density at radius 2 is 1.60 bits per heavy atom. The van der Waals surface area contributed by atoms with Gasteiger partial charge in [0, 0.05) is 20.2 Å². The molecule has 1 N–H and O–H groups in total. The van der Waals surface area contributed by atoms with Gasteiger partial charge in [-0.25, -0.2) is 4.79 Å². The first-order valence-electron chi connectivity index (χ1n) is 14.1. The molecule has 3 saturated heterocycles. The zero-order valence-corrected chi connectivity index (χ0v) is 22.6. The first-order valence-corrected chi connectivity index (χ1v) is 14.1. The van der Waals surface area contributed by atoms with Gasteiger partial charge in [0.25, 0.3) is 0 Å². The van der Waals surface area contributed by atoms with Crippen molar-refractivity contribution >= 4 is 6.09 Å². The van der Waals surface area contributed by atoms with Crippen molar-refractivity contribution in [2.75, 3.05) is 39.9 Å². The van der Waals surface area contributed by atoms with Crippen LogP contribution in [0.4, 0.5) is 4.79 Å². The molecule has 8 heteroatoms. The van der Waals surface area contributed by atoms with E-state index in [1.54, 1.807) is 7.05 Å². The van der Waals surface area contributed by atoms with Gasteiger partial charge in [-0.05, 0) is 46.2 Å². The fourth-order valence-electron chi connectivity index (χ4n) is 5.55. The molecule has 0 spiro atoms. The number of rotatable bonds is 16. The molecule has 3 fully saturated rings. The van der Waals surface area contributed by atoms with Crippen LogP contribution in [0.5, 0.6) is 0 Å². The van der Waals surface area contributed by atoms with E-state index in [1.165, 1.54) is 70.6 Å². The summed E-state index contributed by atoms with van der Waals surface area (Å²) in [5.41, 5.74) is 0. The number of amides is 1. The molecular weight excluding hydrogens is 448 g/mol. The third kappa shape index (κ3) is 8.56. The third-order valence-electron chi connectivity index (χ3n) is 7.31. The molecule has 0 unspecified atom stereocenters. The highest BCUT2D eigenvalue weighted by atomic mass is 16.9. The number of likely N-dealkylation sites (tertiary alicyclic amines) is 1. The predicted molar refractivity (Wildman–Crippen MR) is 135 cm³/mol. The fourth-order valence-corrected chi connectivity index (χ4v) is 5.55. The smallest absolute Gasteiger partial charge is 0.407 e. The predicted octanol–water partition coefficient (Wildman–Crippen LogP) is 4.99. The summed E-state index contributed by atoms with van der Waals surface area (Å²) in [7, 11) is 1.56. The number of fused-ring (bicyclic) bond motifs is 1. The van der Waals surface area contributed by atoms with E-state index in [9.17, 15) is 4.79 Å². The maximum atomic E-state index is 12.1. The fraction of sp³-hybridized carbons (Fsp3) is 0.963. The summed E-state index contributed by atoms with van der Waals surface area (Å²) in [5.74, 6) is -1.90. The highest BCUT2D eigenvalue weighted by molar-refractivity contribution is 5.67. The summed E-state index contributed by atoms with van der Waals surface area (Å²) >= 11 is 0. The standard InChI is InChI=1S/C27H50N2O6/c1-5-6-7-8-9-10-11-12-13-16-19-31-21-27-24(34-26(2,3)35-27)23(32-25(30)28-4)22(33-27)20-29-17-14-15-18-29/h22-24H,5-21H2,1-4H3,(H,28,30)/t22-,23+,24-,27-/m0/s1. The number of carbonyl (C=O) groups excluding carboxylic acids is 1. The Morgan fingerprint density at radius 3 is 2.23 bits per heavy atom. The molecule has 0 aliphatic carbocycles. The number of alkyl carbamates (subject to hydrolysis) is 1. The number of unbranched alkanes of at least 4 members (excludes halogenated alkanes) is 9. The monoisotopic (exact) mass is 498 g/mol. The van der Waals surface area contributed by atoms with Crippen molar-refractivity contribution in [3.8, 4) is 0 Å². The van der Waals surface area contributed by atoms with Gasteiger partial charge in [0.15, 0.2) is 18.0 Å². The molecule has 3 heterocycles. The molecule has 204 valence electrons. The van der Waals surface area contributed by atoms with Crippen molar-refractivity contribution in [2.24, 2.45) is 0 Å². The van der Waals surface area contributed by atoms with E-state index in [4.69, 9.17) is 23.7 Å². The van der Waals surface area contributed by atoms with Crippen LogP contribution in [0, 0.1) is 0 Å². The summed E-state index contributed by atoms with van der Waals surface area (Å²) in [6, 6.07) is 0. The van der Waals surface area contributed by atoms with Gasteiger partial charge in [0.2, 0.25) is 5.79 Å². The number of nitrogens with one attached hydrogen (secondary N) is 1. The van der Waals surface area contributed by atoms with E-state index in [0.29, 0.717) is 13.2 Å². The Bertz CT molecular complexity index is 627. The molecule has 0 aromatic carbocycles. The number of carbonyl (C=O) groups is 1. The van der Waals surface area contributed by atoms with Crippen molar-refractivity contribution in [1.29, 1.82) is 0 Å². The van der Waals surface area contributed by atoms with Crippen LogP contribution in [0.25, 0.3) is 0 Å². The Balaban J connectivity index is 1.46. The summed E-state index contributed by atoms with van der Waals surface area (Å²) < 4.78 is 30.9. The normalized spacial score (nSPS) is 30.0. The average molecular weight is 499 g/mol. The zero-order valence-electron chi connectivity index (χ0n) is 22.6. The van der Waals surface area contributed by atoms with Crippen LogP contribution in [0.2, 0.25) is 0 Å². The molecule has 0 radical (unpaired) electrons. The molecule has 8 nitrogen and oxygen atoms in total.